The molecule has 1 amide bonds. The van der Waals surface area contributed by atoms with Crippen LogP contribution in [0.2, 0.25) is 0 Å². The number of benzene rings is 1. The molecular formula is C51H85N5O13S. The van der Waals surface area contributed by atoms with Gasteiger partial charge in [0.05, 0.1) is 149 Å². The summed E-state index contributed by atoms with van der Waals surface area (Å²) in [5, 5.41) is 8.53. The standard InChI is InChI=1S/C51H85N5O13S/c1-5-15-56(42-44-12-10-43(11-13-44)41-54(2)3)51(59)45-38-48-47(53-49(52)39-45)40-46(70-48)9-7-6-8-16-55(4)17-19-61-21-23-63-25-27-65-29-31-67-33-35-69-37-36-68-34-32-66-30-28-64-26-24-62-22-20-60-18-14-50(57)58/h10-13,38,40H,5-9,14-37,39,41-42H2,1-4H3,(H2,52,53)(H,57,58). The molecule has 0 fully saturated rings. The number of unbranched alkanes of at least 4 members (excludes halogenated alkanes) is 2. The number of aliphatic carboxylic acids is 1. The molecule has 398 valence electrons. The van der Waals surface area contributed by atoms with Gasteiger partial charge in [0, 0.05) is 43.1 Å². The highest BCUT2D eigenvalue weighted by Crippen LogP contribution is 2.35. The first-order chi connectivity index (χ1) is 34.1. The Morgan fingerprint density at radius 3 is 1.53 bits per heavy atom. The minimum Gasteiger partial charge on any atom is -0.481 e. The van der Waals surface area contributed by atoms with Crippen molar-refractivity contribution in [2.24, 2.45) is 10.7 Å². The third-order valence-corrected chi connectivity index (χ3v) is 11.7. The number of aryl methyl sites for hydroxylation is 1. The lowest BCUT2D eigenvalue weighted by molar-refractivity contribution is -0.138. The fourth-order valence-corrected chi connectivity index (χ4v) is 8.10. The molecule has 3 N–H and O–H groups in total. The number of rotatable bonds is 46. The maximum absolute atomic E-state index is 13.9. The van der Waals surface area contributed by atoms with Crippen LogP contribution in [-0.4, -0.2) is 210 Å². The van der Waals surface area contributed by atoms with Crippen LogP contribution in [-0.2, 0) is 76.5 Å². The maximum Gasteiger partial charge on any atom is 0.305 e. The lowest BCUT2D eigenvalue weighted by atomic mass is 10.1. The summed E-state index contributed by atoms with van der Waals surface area (Å²) in [6, 6.07) is 10.7. The number of carbonyl (C=O) groups excluding carboxylic acids is 1. The monoisotopic (exact) mass is 1010 g/mol. The van der Waals surface area contributed by atoms with Gasteiger partial charge in [-0.2, -0.15) is 0 Å². The smallest absolute Gasteiger partial charge is 0.305 e. The minimum absolute atomic E-state index is 0.00630. The minimum atomic E-state index is -0.876. The SMILES string of the molecule is CCCN(Cc1ccc(CN(C)C)cc1)C(=O)C1=Cc2sc(CCCCCN(C)CCOCCOCCOCCOCCOCCOCCOCCOCCOCCOCCC(=O)O)cc2N=C(N)C1. The molecule has 0 atom stereocenters. The lowest BCUT2D eigenvalue weighted by Gasteiger charge is -2.24. The van der Waals surface area contributed by atoms with Gasteiger partial charge in [-0.15, -0.1) is 11.3 Å². The fourth-order valence-electron chi connectivity index (χ4n) is 6.99. The number of amidine groups is 1. The molecule has 1 aromatic carbocycles. The number of amides is 1. The summed E-state index contributed by atoms with van der Waals surface area (Å²) in [5.41, 5.74) is 10.3. The Hall–Kier alpha value is -3.41. The number of fused-ring (bicyclic) bond motifs is 1. The van der Waals surface area contributed by atoms with Crippen LogP contribution in [0.3, 0.4) is 0 Å². The first-order valence-corrected chi connectivity index (χ1v) is 25.8. The Balaban J connectivity index is 1.07. The molecule has 70 heavy (non-hydrogen) atoms. The molecule has 0 spiro atoms. The summed E-state index contributed by atoms with van der Waals surface area (Å²) < 4.78 is 54.9. The summed E-state index contributed by atoms with van der Waals surface area (Å²) in [7, 11) is 6.26. The first-order valence-electron chi connectivity index (χ1n) is 25.0. The Morgan fingerprint density at radius 2 is 1.07 bits per heavy atom. The van der Waals surface area contributed by atoms with E-state index in [9.17, 15) is 9.59 Å². The first kappa shape index (κ1) is 60.9. The van der Waals surface area contributed by atoms with E-state index in [1.807, 2.05) is 11.0 Å². The molecule has 1 aliphatic heterocycles. The highest BCUT2D eigenvalue weighted by atomic mass is 32.1. The summed E-state index contributed by atoms with van der Waals surface area (Å²) in [4.78, 5) is 37.7. The van der Waals surface area contributed by atoms with E-state index >= 15 is 0 Å². The molecule has 0 saturated heterocycles. The molecule has 0 radical (unpaired) electrons. The maximum atomic E-state index is 13.9. The Morgan fingerprint density at radius 1 is 0.614 bits per heavy atom. The number of hydrogen-bond donors (Lipinski definition) is 2. The lowest BCUT2D eigenvalue weighted by Crippen LogP contribution is -2.33. The van der Waals surface area contributed by atoms with Crippen LogP contribution in [0.4, 0.5) is 5.69 Å². The predicted molar refractivity (Wildman–Crippen MR) is 273 cm³/mol. The van der Waals surface area contributed by atoms with Crippen molar-refractivity contribution in [3.05, 3.63) is 56.8 Å². The number of carboxylic acid groups (broad SMARTS) is 1. The van der Waals surface area contributed by atoms with Crippen molar-refractivity contribution in [3.8, 4) is 0 Å². The van der Waals surface area contributed by atoms with Gasteiger partial charge in [-0.1, -0.05) is 37.6 Å². The van der Waals surface area contributed by atoms with Crippen LogP contribution in [0.5, 0.6) is 0 Å². The molecule has 0 saturated carbocycles. The molecule has 2 aromatic rings. The molecule has 3 rings (SSSR count). The zero-order valence-corrected chi connectivity index (χ0v) is 43.5. The van der Waals surface area contributed by atoms with Gasteiger partial charge in [-0.25, -0.2) is 4.99 Å². The molecule has 18 nitrogen and oxygen atoms in total. The largest absolute Gasteiger partial charge is 0.481 e. The molecule has 1 aromatic heterocycles. The van der Waals surface area contributed by atoms with E-state index in [-0.39, 0.29) is 18.9 Å². The number of aliphatic imine (C=N–C) groups is 1. The molecule has 1 aliphatic rings. The van der Waals surface area contributed by atoms with Gasteiger partial charge < -0.3 is 72.9 Å². The van der Waals surface area contributed by atoms with Crippen molar-refractivity contribution < 1.29 is 62.1 Å². The van der Waals surface area contributed by atoms with Gasteiger partial charge >= 0.3 is 5.97 Å². The van der Waals surface area contributed by atoms with Crippen molar-refractivity contribution in [1.82, 2.24) is 14.7 Å². The van der Waals surface area contributed by atoms with Crippen LogP contribution in [0.1, 0.15) is 66.3 Å². The van der Waals surface area contributed by atoms with E-state index in [1.54, 1.807) is 11.3 Å². The normalized spacial score (nSPS) is 12.7. The summed E-state index contributed by atoms with van der Waals surface area (Å²) >= 11 is 1.72. The molecule has 0 unspecified atom stereocenters. The van der Waals surface area contributed by atoms with Crippen molar-refractivity contribution in [2.45, 2.75) is 65.0 Å². The van der Waals surface area contributed by atoms with Crippen LogP contribution < -0.4 is 5.73 Å². The van der Waals surface area contributed by atoms with Gasteiger partial charge in [0.2, 0.25) is 0 Å². The predicted octanol–water partition coefficient (Wildman–Crippen LogP) is 5.31. The Labute approximate surface area is 421 Å². The number of thiophene rings is 1. The van der Waals surface area contributed by atoms with Crippen LogP contribution >= 0.6 is 11.3 Å². The van der Waals surface area contributed by atoms with E-state index in [2.05, 4.69) is 68.2 Å². The number of nitrogens with zero attached hydrogens (tertiary/aromatic N) is 4. The van der Waals surface area contributed by atoms with Crippen molar-refractivity contribution in [1.29, 1.82) is 0 Å². The number of likely N-dealkylation sites (N-methyl/N-ethyl adjacent to an activating group) is 1. The van der Waals surface area contributed by atoms with Crippen molar-refractivity contribution in [2.75, 3.05) is 173 Å². The van der Waals surface area contributed by atoms with Crippen LogP contribution in [0, 0.1) is 0 Å². The zero-order valence-electron chi connectivity index (χ0n) is 42.7. The van der Waals surface area contributed by atoms with Crippen molar-refractivity contribution >= 4 is 40.8 Å². The number of carbonyl (C=O) groups is 2. The molecule has 0 aliphatic carbocycles. The van der Waals surface area contributed by atoms with E-state index in [0.29, 0.717) is 156 Å². The molecular weight excluding hydrogens is 923 g/mol. The quantitative estimate of drug-likeness (QED) is 0.0810. The second-order valence-electron chi connectivity index (χ2n) is 17.1. The second kappa shape index (κ2) is 40.1. The number of nitrogens with two attached hydrogens (primary N) is 1. The van der Waals surface area contributed by atoms with Gasteiger partial charge in [0.1, 0.15) is 5.84 Å². The second-order valence-corrected chi connectivity index (χ2v) is 18.2. The molecule has 0 bridgehead atoms. The topological polar surface area (TPSA) is 195 Å². The average Bonchev–Trinajstić information content (AvgIpc) is 3.63. The van der Waals surface area contributed by atoms with Gasteiger partial charge in [0.25, 0.3) is 5.91 Å². The molecule has 2 heterocycles. The van der Waals surface area contributed by atoms with Crippen LogP contribution in [0.15, 0.2) is 40.9 Å². The summed E-state index contributed by atoms with van der Waals surface area (Å²) in [6.07, 6.45) is 7.56. The van der Waals surface area contributed by atoms with Gasteiger partial charge in [0.15, 0.2) is 0 Å². The van der Waals surface area contributed by atoms with Gasteiger partial charge in [-0.05, 0) is 76.6 Å². The zero-order chi connectivity index (χ0) is 50.3. The van der Waals surface area contributed by atoms with Crippen LogP contribution in [0.25, 0.3) is 6.08 Å². The van der Waals surface area contributed by atoms with Crippen molar-refractivity contribution in [3.63, 3.8) is 0 Å². The number of hydrogen-bond acceptors (Lipinski definition) is 17. The third kappa shape index (κ3) is 30.5. The number of ether oxygens (including phenoxy) is 10. The Kier molecular flexibility index (Phi) is 34.9. The number of carboxylic acids is 1. The van der Waals surface area contributed by atoms with E-state index in [0.717, 1.165) is 67.9 Å². The highest BCUT2D eigenvalue weighted by Gasteiger charge is 2.23. The Bertz CT molecular complexity index is 1710. The van der Waals surface area contributed by atoms with Gasteiger partial charge in [-0.3, -0.25) is 9.59 Å². The average molecular weight is 1010 g/mol. The summed E-state index contributed by atoms with van der Waals surface area (Å²) in [5.74, 6) is -0.370. The molecule has 19 heteroatoms. The summed E-state index contributed by atoms with van der Waals surface area (Å²) in [6.45, 7) is 15.6. The van der Waals surface area contributed by atoms with E-state index < -0.39 is 5.97 Å². The fraction of sp³-hybridized carbons (Fsp3) is 0.706. The highest BCUT2D eigenvalue weighted by molar-refractivity contribution is 7.13. The van der Waals surface area contributed by atoms with E-state index in [1.165, 1.54) is 10.4 Å². The third-order valence-electron chi connectivity index (χ3n) is 10.6. The van der Waals surface area contributed by atoms with E-state index in [4.69, 9.17) is 63.2 Å².